The van der Waals surface area contributed by atoms with Crippen molar-refractivity contribution in [1.82, 2.24) is 5.06 Å². The second kappa shape index (κ2) is 3.89. The van der Waals surface area contributed by atoms with Gasteiger partial charge >= 0.3 is 0 Å². The summed E-state index contributed by atoms with van der Waals surface area (Å²) in [5.74, 6) is -0.271. The van der Waals surface area contributed by atoms with Crippen LogP contribution in [0.3, 0.4) is 0 Å². The van der Waals surface area contributed by atoms with Crippen LogP contribution in [0.25, 0.3) is 0 Å². The van der Waals surface area contributed by atoms with E-state index in [1.807, 2.05) is 0 Å². The Hall–Kier alpha value is -1.05. The molecule has 0 bridgehead atoms. The molecular weight excluding hydrogens is 118 g/mol. The average Bonchev–Trinajstić information content (AvgIpc) is 1.87. The van der Waals surface area contributed by atoms with Crippen LogP contribution >= 0.6 is 0 Å². The van der Waals surface area contributed by atoms with Crippen LogP contribution < -0.4 is 0 Å². The predicted octanol–water partition coefficient (Wildman–Crippen LogP) is 0.347. The highest BCUT2D eigenvalue weighted by molar-refractivity contribution is 5.86. The van der Waals surface area contributed by atoms with Gasteiger partial charge in [-0.25, -0.2) is 5.06 Å². The van der Waals surface area contributed by atoms with Crippen LogP contribution in [0, 0.1) is 0 Å². The van der Waals surface area contributed by atoms with E-state index >= 15 is 0 Å². The van der Waals surface area contributed by atoms with Crippen LogP contribution in [0.2, 0.25) is 0 Å². The lowest BCUT2D eigenvalue weighted by molar-refractivity contribution is -0.162. The Morgan fingerprint density at radius 1 is 1.89 bits per heavy atom. The summed E-state index contributed by atoms with van der Waals surface area (Å²) in [6, 6.07) is 0. The molecule has 0 unspecified atom stereocenters. The quantitative estimate of drug-likeness (QED) is 0.304. The van der Waals surface area contributed by atoms with Crippen LogP contribution in [0.5, 0.6) is 0 Å². The highest BCUT2D eigenvalue weighted by Crippen LogP contribution is 1.83. The third kappa shape index (κ3) is 2.69. The van der Waals surface area contributed by atoms with E-state index in [2.05, 4.69) is 17.1 Å². The topological polar surface area (TPSA) is 29.5 Å². The minimum absolute atomic E-state index is 0.271. The number of rotatable bonds is 2. The molecule has 0 heterocycles. The van der Waals surface area contributed by atoms with Crippen LogP contribution in [-0.4, -0.2) is 25.1 Å². The van der Waals surface area contributed by atoms with Gasteiger partial charge in [-0.2, -0.15) is 0 Å². The van der Waals surface area contributed by atoms with Crippen LogP contribution in [0.15, 0.2) is 18.4 Å². The van der Waals surface area contributed by atoms with Crippen LogP contribution in [0.1, 0.15) is 0 Å². The van der Waals surface area contributed by atoms with Crippen molar-refractivity contribution in [2.24, 2.45) is 0 Å². The number of carbonyl (C=O) groups excluding carboxylic acids is 1. The first-order chi connectivity index (χ1) is 4.22. The molecule has 3 heteroatoms. The molecule has 0 fully saturated rings. The summed E-state index contributed by atoms with van der Waals surface area (Å²) in [7, 11) is 2.92. The molecule has 50 valence electrons. The molecule has 0 aliphatic heterocycles. The summed E-state index contributed by atoms with van der Waals surface area (Å²) in [6.07, 6.45) is 1.20. The van der Waals surface area contributed by atoms with E-state index in [4.69, 9.17) is 0 Å². The Morgan fingerprint density at radius 2 is 2.44 bits per heavy atom. The van der Waals surface area contributed by atoms with Crippen molar-refractivity contribution in [2.45, 2.75) is 0 Å². The standard InChI is InChI=1S/C6H9NO2/c1-4-5-6(8)7(2)9-3/h5H,1H2,2-3H3. The molecule has 0 N–H and O–H groups in total. The van der Waals surface area contributed by atoms with Gasteiger partial charge in [0.25, 0.3) is 5.91 Å². The number of hydrogen-bond donors (Lipinski definition) is 0. The van der Waals surface area contributed by atoms with E-state index in [1.54, 1.807) is 0 Å². The van der Waals surface area contributed by atoms with Gasteiger partial charge in [0, 0.05) is 13.1 Å². The van der Waals surface area contributed by atoms with Gasteiger partial charge in [0.15, 0.2) is 0 Å². The number of nitrogens with zero attached hydrogens (tertiary/aromatic N) is 1. The third-order valence-electron chi connectivity index (χ3n) is 0.810. The molecular formula is C6H9NO2. The Morgan fingerprint density at radius 3 is 2.78 bits per heavy atom. The van der Waals surface area contributed by atoms with Gasteiger partial charge < -0.3 is 0 Å². The molecule has 0 rings (SSSR count). The van der Waals surface area contributed by atoms with Gasteiger partial charge in [0.05, 0.1) is 7.11 Å². The van der Waals surface area contributed by atoms with Gasteiger partial charge in [-0.3, -0.25) is 9.63 Å². The van der Waals surface area contributed by atoms with Gasteiger partial charge in [0.2, 0.25) is 0 Å². The molecule has 0 aromatic carbocycles. The lowest BCUT2D eigenvalue weighted by Gasteiger charge is -2.08. The van der Waals surface area contributed by atoms with E-state index in [1.165, 1.54) is 20.2 Å². The SMILES string of the molecule is C=C=CC(=O)N(C)OC. The van der Waals surface area contributed by atoms with Gasteiger partial charge in [-0.05, 0) is 0 Å². The molecule has 0 saturated heterocycles. The molecule has 0 saturated carbocycles. The Balaban J connectivity index is 3.87. The first-order valence-corrected chi connectivity index (χ1v) is 2.40. The maximum Gasteiger partial charge on any atom is 0.277 e. The average molecular weight is 127 g/mol. The van der Waals surface area contributed by atoms with Crippen molar-refractivity contribution in [3.63, 3.8) is 0 Å². The summed E-state index contributed by atoms with van der Waals surface area (Å²) in [5.41, 5.74) is 2.34. The van der Waals surface area contributed by atoms with Crippen LogP contribution in [-0.2, 0) is 9.63 Å². The predicted molar refractivity (Wildman–Crippen MR) is 33.5 cm³/mol. The molecule has 0 aromatic heterocycles. The molecule has 0 radical (unpaired) electrons. The van der Waals surface area contributed by atoms with Gasteiger partial charge in [0.1, 0.15) is 0 Å². The molecule has 0 atom stereocenters. The first-order valence-electron chi connectivity index (χ1n) is 2.40. The van der Waals surface area contributed by atoms with Crippen molar-refractivity contribution in [1.29, 1.82) is 0 Å². The Kier molecular flexibility index (Phi) is 3.44. The van der Waals surface area contributed by atoms with Crippen LogP contribution in [0.4, 0.5) is 0 Å². The summed E-state index contributed by atoms with van der Waals surface area (Å²) < 4.78 is 0. The van der Waals surface area contributed by atoms with E-state index in [0.717, 1.165) is 5.06 Å². The fraction of sp³-hybridized carbons (Fsp3) is 0.333. The van der Waals surface area contributed by atoms with Crippen molar-refractivity contribution >= 4 is 5.91 Å². The van der Waals surface area contributed by atoms with Crippen molar-refractivity contribution < 1.29 is 9.63 Å². The van der Waals surface area contributed by atoms with Crippen molar-refractivity contribution in [3.05, 3.63) is 18.4 Å². The smallest absolute Gasteiger partial charge is 0.274 e. The van der Waals surface area contributed by atoms with Gasteiger partial charge in [-0.1, -0.05) is 6.58 Å². The first kappa shape index (κ1) is 7.95. The highest BCUT2D eigenvalue weighted by Gasteiger charge is 1.99. The lowest BCUT2D eigenvalue weighted by atomic mass is 10.5. The molecule has 3 nitrogen and oxygen atoms in total. The molecule has 1 amide bonds. The maximum atomic E-state index is 10.6. The summed E-state index contributed by atoms with van der Waals surface area (Å²) >= 11 is 0. The molecule has 0 aliphatic rings. The maximum absolute atomic E-state index is 10.6. The van der Waals surface area contributed by atoms with Crippen molar-refractivity contribution in [3.8, 4) is 0 Å². The number of likely N-dealkylation sites (N-methyl/N-ethyl adjacent to an activating group) is 1. The van der Waals surface area contributed by atoms with E-state index < -0.39 is 0 Å². The second-order valence-corrected chi connectivity index (χ2v) is 1.37. The summed E-state index contributed by atoms with van der Waals surface area (Å²) in [4.78, 5) is 15.2. The van der Waals surface area contributed by atoms with Gasteiger partial charge in [-0.15, -0.1) is 5.73 Å². The monoisotopic (exact) mass is 127 g/mol. The molecule has 0 aromatic rings. The minimum atomic E-state index is -0.271. The largest absolute Gasteiger partial charge is 0.277 e. The summed E-state index contributed by atoms with van der Waals surface area (Å²) in [5, 5.41) is 1.08. The fourth-order valence-corrected chi connectivity index (χ4v) is 0.268. The second-order valence-electron chi connectivity index (χ2n) is 1.37. The molecule has 0 spiro atoms. The normalized spacial score (nSPS) is 7.78. The summed E-state index contributed by atoms with van der Waals surface area (Å²) in [6.45, 7) is 3.23. The highest BCUT2D eigenvalue weighted by atomic mass is 16.7. The molecule has 9 heavy (non-hydrogen) atoms. The zero-order valence-electron chi connectivity index (χ0n) is 5.55. The third-order valence-corrected chi connectivity index (χ3v) is 0.810. The number of amides is 1. The Bertz CT molecular complexity index is 147. The fourth-order valence-electron chi connectivity index (χ4n) is 0.268. The van der Waals surface area contributed by atoms with Crippen molar-refractivity contribution in [2.75, 3.05) is 14.2 Å². The van der Waals surface area contributed by atoms with E-state index in [9.17, 15) is 4.79 Å². The lowest BCUT2D eigenvalue weighted by Crippen LogP contribution is -2.22. The van der Waals surface area contributed by atoms with E-state index in [0.29, 0.717) is 0 Å². The molecule has 0 aliphatic carbocycles. The zero-order chi connectivity index (χ0) is 7.28. The van der Waals surface area contributed by atoms with E-state index in [-0.39, 0.29) is 5.91 Å². The number of hydroxylamine groups is 2. The number of hydrogen-bond acceptors (Lipinski definition) is 2. The zero-order valence-corrected chi connectivity index (χ0v) is 5.55. The number of carbonyl (C=O) groups is 1. The Labute approximate surface area is 54.2 Å². The minimum Gasteiger partial charge on any atom is -0.274 e.